The molecule has 1 aliphatic rings. The van der Waals surface area contributed by atoms with Crippen molar-refractivity contribution in [2.45, 2.75) is 32.6 Å². The summed E-state index contributed by atoms with van der Waals surface area (Å²) in [6.45, 7) is 3.07. The van der Waals surface area contributed by atoms with Gasteiger partial charge < -0.3 is 14.7 Å². The number of carboxylic acid groups (broad SMARTS) is 1. The van der Waals surface area contributed by atoms with Gasteiger partial charge in [-0.15, -0.1) is 11.8 Å². The van der Waals surface area contributed by atoms with E-state index in [4.69, 9.17) is 14.7 Å². The summed E-state index contributed by atoms with van der Waals surface area (Å²) in [5, 5.41) is 14.3. The number of oxime groups is 1. The van der Waals surface area contributed by atoms with Crippen molar-refractivity contribution in [1.29, 1.82) is 0 Å². The average molecular weight is 273 g/mol. The molecule has 6 heteroatoms. The van der Waals surface area contributed by atoms with Crippen LogP contribution in [0.15, 0.2) is 16.3 Å². The summed E-state index contributed by atoms with van der Waals surface area (Å²) in [5.41, 5.74) is -0.155. The minimum atomic E-state index is -1.13. The molecule has 0 unspecified atom stereocenters. The van der Waals surface area contributed by atoms with E-state index < -0.39 is 5.97 Å². The van der Waals surface area contributed by atoms with Gasteiger partial charge in [0.2, 0.25) is 5.71 Å². The van der Waals surface area contributed by atoms with E-state index in [0.29, 0.717) is 13.2 Å². The number of aliphatic carboxylic acids is 1. The maximum atomic E-state index is 11.0. The zero-order valence-corrected chi connectivity index (χ0v) is 11.4. The maximum absolute atomic E-state index is 11.0. The van der Waals surface area contributed by atoms with Crippen LogP contribution in [0.2, 0.25) is 0 Å². The van der Waals surface area contributed by atoms with Gasteiger partial charge in [0.15, 0.2) is 5.76 Å². The summed E-state index contributed by atoms with van der Waals surface area (Å²) in [6, 6.07) is 0. The lowest BCUT2D eigenvalue weighted by atomic mass is 10.2. The highest BCUT2D eigenvalue weighted by Crippen LogP contribution is 2.16. The lowest BCUT2D eigenvalue weighted by Gasteiger charge is -2.13. The van der Waals surface area contributed by atoms with Crippen LogP contribution in [-0.4, -0.2) is 35.8 Å². The van der Waals surface area contributed by atoms with Crippen molar-refractivity contribution in [3.8, 4) is 0 Å². The molecule has 0 aromatic carbocycles. The number of thioether (sulfide) groups is 1. The number of hydrogen-bond acceptors (Lipinski definition) is 5. The lowest BCUT2D eigenvalue weighted by Crippen LogP contribution is -2.20. The Morgan fingerprint density at radius 1 is 1.56 bits per heavy atom. The van der Waals surface area contributed by atoms with Gasteiger partial charge >= 0.3 is 5.97 Å². The second-order valence-corrected chi connectivity index (χ2v) is 4.82. The number of hydrogen-bond donors (Lipinski definition) is 1. The Morgan fingerprint density at radius 3 is 3.00 bits per heavy atom. The van der Waals surface area contributed by atoms with Crippen LogP contribution < -0.4 is 0 Å². The molecule has 0 aliphatic carbocycles. The van der Waals surface area contributed by atoms with Crippen molar-refractivity contribution < 1.29 is 19.5 Å². The fraction of sp³-hybridized carbons (Fsp3) is 0.667. The quantitative estimate of drug-likeness (QED) is 0.418. The van der Waals surface area contributed by atoms with Crippen LogP contribution >= 0.6 is 11.8 Å². The van der Waals surface area contributed by atoms with Crippen molar-refractivity contribution in [2.75, 3.05) is 19.0 Å². The van der Waals surface area contributed by atoms with Gasteiger partial charge in [-0.05, 0) is 12.8 Å². The molecule has 0 atom stereocenters. The summed E-state index contributed by atoms with van der Waals surface area (Å²) in [6.07, 6.45) is 4.27. The van der Waals surface area contributed by atoms with Crippen molar-refractivity contribution in [3.63, 3.8) is 0 Å². The Labute approximate surface area is 111 Å². The molecule has 102 valence electrons. The van der Waals surface area contributed by atoms with Gasteiger partial charge in [-0.25, -0.2) is 4.79 Å². The molecule has 0 bridgehead atoms. The van der Waals surface area contributed by atoms with E-state index in [0.717, 1.165) is 31.4 Å². The van der Waals surface area contributed by atoms with Gasteiger partial charge in [-0.3, -0.25) is 0 Å². The topological polar surface area (TPSA) is 68.1 Å². The highest BCUT2D eigenvalue weighted by Gasteiger charge is 2.20. The van der Waals surface area contributed by atoms with Crippen molar-refractivity contribution in [2.24, 2.45) is 5.16 Å². The van der Waals surface area contributed by atoms with Gasteiger partial charge in [0, 0.05) is 11.2 Å². The Hall–Kier alpha value is -1.17. The van der Waals surface area contributed by atoms with Gasteiger partial charge in [-0.2, -0.15) is 0 Å². The third kappa shape index (κ3) is 5.44. The summed E-state index contributed by atoms with van der Waals surface area (Å²) < 4.78 is 5.25. The van der Waals surface area contributed by atoms with Crippen molar-refractivity contribution in [3.05, 3.63) is 11.2 Å². The van der Waals surface area contributed by atoms with Crippen LogP contribution in [0.4, 0.5) is 0 Å². The van der Waals surface area contributed by atoms with Crippen LogP contribution in [-0.2, 0) is 14.4 Å². The number of carbonyl (C=O) groups is 1. The monoisotopic (exact) mass is 273 g/mol. The molecule has 1 rings (SSSR count). The van der Waals surface area contributed by atoms with Gasteiger partial charge in [-0.1, -0.05) is 24.9 Å². The molecule has 0 fully saturated rings. The second kappa shape index (κ2) is 8.85. The van der Waals surface area contributed by atoms with Crippen molar-refractivity contribution >= 4 is 23.4 Å². The summed E-state index contributed by atoms with van der Waals surface area (Å²) in [5.74, 6) is -0.0153. The van der Waals surface area contributed by atoms with E-state index in [9.17, 15) is 4.79 Å². The molecule has 0 aromatic rings. The fourth-order valence-corrected chi connectivity index (χ4v) is 2.01. The minimum Gasteiger partial charge on any atom is -0.489 e. The Kier molecular flexibility index (Phi) is 7.32. The summed E-state index contributed by atoms with van der Waals surface area (Å²) in [7, 11) is 0. The van der Waals surface area contributed by atoms with E-state index >= 15 is 0 Å². The predicted molar refractivity (Wildman–Crippen MR) is 71.7 cm³/mol. The number of unbranched alkanes of at least 4 members (excludes halogenated alkanes) is 3. The molecular formula is C12H19NO4S. The lowest BCUT2D eigenvalue weighted by molar-refractivity contribution is -0.129. The molecule has 1 aliphatic heterocycles. The Balaban J connectivity index is 2.41. The molecule has 0 saturated carbocycles. The molecule has 0 spiro atoms. The summed E-state index contributed by atoms with van der Waals surface area (Å²) in [4.78, 5) is 16.1. The molecule has 18 heavy (non-hydrogen) atoms. The van der Waals surface area contributed by atoms with Crippen LogP contribution in [0.25, 0.3) is 0 Å². The zero-order chi connectivity index (χ0) is 13.2. The summed E-state index contributed by atoms with van der Waals surface area (Å²) >= 11 is 1.51. The normalized spacial score (nSPS) is 15.8. The average Bonchev–Trinajstić information content (AvgIpc) is 2.38. The van der Waals surface area contributed by atoms with Gasteiger partial charge in [0.25, 0.3) is 0 Å². The minimum absolute atomic E-state index is 0.155. The molecule has 0 aromatic heterocycles. The van der Waals surface area contributed by atoms with Crippen molar-refractivity contribution in [1.82, 2.24) is 0 Å². The molecular weight excluding hydrogens is 254 g/mol. The maximum Gasteiger partial charge on any atom is 0.361 e. The first kappa shape index (κ1) is 14.9. The number of rotatable bonds is 8. The van der Waals surface area contributed by atoms with Crippen LogP contribution in [0.3, 0.4) is 0 Å². The molecule has 0 saturated heterocycles. The van der Waals surface area contributed by atoms with Gasteiger partial charge in [0.05, 0.1) is 6.61 Å². The van der Waals surface area contributed by atoms with E-state index in [1.807, 2.05) is 0 Å². The molecule has 0 radical (unpaired) electrons. The Bertz CT molecular complexity index is 328. The number of carboxylic acids is 1. The first-order valence-electron chi connectivity index (χ1n) is 6.14. The molecule has 5 nitrogen and oxygen atoms in total. The SMILES string of the molecule is CCCCCCO/N=C(/C(=O)O)C1=CSCCO1. The van der Waals surface area contributed by atoms with E-state index in [1.165, 1.54) is 11.8 Å². The molecule has 1 N–H and O–H groups in total. The van der Waals surface area contributed by atoms with E-state index in [1.54, 1.807) is 5.41 Å². The number of ether oxygens (including phenoxy) is 1. The smallest absolute Gasteiger partial charge is 0.361 e. The largest absolute Gasteiger partial charge is 0.489 e. The van der Waals surface area contributed by atoms with Crippen LogP contribution in [0.1, 0.15) is 32.6 Å². The van der Waals surface area contributed by atoms with E-state index in [-0.39, 0.29) is 11.5 Å². The third-order valence-electron chi connectivity index (χ3n) is 2.33. The van der Waals surface area contributed by atoms with Crippen LogP contribution in [0.5, 0.6) is 0 Å². The van der Waals surface area contributed by atoms with Gasteiger partial charge in [0.1, 0.15) is 6.61 Å². The molecule has 1 heterocycles. The van der Waals surface area contributed by atoms with E-state index in [2.05, 4.69) is 12.1 Å². The van der Waals surface area contributed by atoms with Crippen LogP contribution in [0, 0.1) is 0 Å². The first-order chi connectivity index (χ1) is 8.75. The Morgan fingerprint density at radius 2 is 2.39 bits per heavy atom. The second-order valence-electron chi connectivity index (χ2n) is 3.84. The standard InChI is InChI=1S/C12H19NO4S/c1-2-3-4-5-6-17-13-11(12(14)15)10-9-18-8-7-16-10/h9H,2-8H2,1H3,(H,14,15)/b13-11+. The highest BCUT2D eigenvalue weighted by atomic mass is 32.2. The third-order valence-corrected chi connectivity index (χ3v) is 3.11. The fourth-order valence-electron chi connectivity index (χ4n) is 1.39. The highest BCUT2D eigenvalue weighted by molar-refractivity contribution is 8.02. The first-order valence-corrected chi connectivity index (χ1v) is 7.18. The number of nitrogens with zero attached hydrogens (tertiary/aromatic N) is 1. The zero-order valence-electron chi connectivity index (χ0n) is 10.6. The molecule has 0 amide bonds. The predicted octanol–water partition coefficient (Wildman–Crippen LogP) is 2.63.